The normalized spacial score (nSPS) is 15.7. The zero-order chi connectivity index (χ0) is 24.1. The molecule has 1 fully saturated rings. The van der Waals surface area contributed by atoms with Gasteiger partial charge in [-0.15, -0.1) is 0 Å². The van der Waals surface area contributed by atoms with Gasteiger partial charge in [0, 0.05) is 75.6 Å². The van der Waals surface area contributed by atoms with Crippen LogP contribution in [-0.4, -0.2) is 50.8 Å². The number of halogens is 1. The van der Waals surface area contributed by atoms with Crippen LogP contribution < -0.4 is 10.1 Å². The first-order chi connectivity index (χ1) is 15.4. The molecule has 0 bridgehead atoms. The molecule has 1 saturated heterocycles. The molecule has 9 heteroatoms. The lowest BCUT2D eigenvalue weighted by atomic mass is 9.82. The van der Waals surface area contributed by atoms with Gasteiger partial charge in [0.1, 0.15) is 5.75 Å². The molecular weight excluding hydrogens is 545 g/mol. The van der Waals surface area contributed by atoms with Crippen molar-refractivity contribution in [3.05, 3.63) is 29.3 Å². The zero-order valence-electron chi connectivity index (χ0n) is 19.6. The van der Waals surface area contributed by atoms with Crippen LogP contribution in [0.5, 0.6) is 5.75 Å². The molecule has 0 spiro atoms. The molecule has 0 amide bonds. The van der Waals surface area contributed by atoms with Gasteiger partial charge in [0.05, 0.1) is 25.7 Å². The van der Waals surface area contributed by atoms with E-state index in [2.05, 4.69) is 0 Å². The number of hydrogen-bond acceptors (Lipinski definition) is 7. The summed E-state index contributed by atoms with van der Waals surface area (Å²) in [4.78, 5) is 24.9. The lowest BCUT2D eigenvalue weighted by molar-refractivity contribution is -0.143. The molecule has 180 valence electrons. The summed E-state index contributed by atoms with van der Waals surface area (Å²) in [6.45, 7) is 7.25. The molecule has 7 nitrogen and oxygen atoms in total. The molecule has 1 unspecified atom stereocenters. The largest absolute Gasteiger partial charge is 0.496 e. The van der Waals surface area contributed by atoms with Crippen molar-refractivity contribution in [3.8, 4) is 5.75 Å². The third kappa shape index (κ3) is 7.71. The van der Waals surface area contributed by atoms with Gasteiger partial charge in [0.15, 0.2) is 0 Å². The Balaban J connectivity index is 0.00000249. The second-order valence-electron chi connectivity index (χ2n) is 7.04. The summed E-state index contributed by atoms with van der Waals surface area (Å²) < 4.78 is 22.2. The van der Waals surface area contributed by atoms with E-state index in [1.165, 1.54) is 8.93 Å². The Kier molecular flexibility index (Phi) is 13.4. The van der Waals surface area contributed by atoms with Gasteiger partial charge in [-0.25, -0.2) is 5.41 Å². The fraction of sp³-hybridized carbons (Fsp3) is 0.609. The minimum atomic E-state index is -0.471. The fourth-order valence-corrected chi connectivity index (χ4v) is 4.64. The van der Waals surface area contributed by atoms with E-state index >= 15 is 0 Å². The maximum Gasteiger partial charge on any atom is 0.306 e. The zero-order valence-corrected chi connectivity index (χ0v) is 22.5. The molecule has 1 atom stereocenters. The molecule has 0 aromatic heterocycles. The van der Waals surface area contributed by atoms with Crippen molar-refractivity contribution >= 4 is 46.9 Å². The Morgan fingerprint density at radius 1 is 1.22 bits per heavy atom. The van der Waals surface area contributed by atoms with Crippen molar-refractivity contribution in [3.63, 3.8) is 0 Å². The van der Waals surface area contributed by atoms with E-state index in [9.17, 15) is 9.59 Å². The number of rotatable bonds is 10. The number of ketones is 1. The highest BCUT2D eigenvalue weighted by atomic mass is 127. The lowest BCUT2D eigenvalue weighted by Gasteiger charge is -2.37. The molecule has 2 N–H and O–H groups in total. The number of Topliss-reactive ketones (excluding diaryl/α,β-unsaturated/α-hetero) is 1. The maximum absolute atomic E-state index is 12.6. The Hall–Kier alpha value is -1.17. The summed E-state index contributed by atoms with van der Waals surface area (Å²) in [6.07, 6.45) is 1.59. The fourth-order valence-electron chi connectivity index (χ4n) is 3.73. The quantitative estimate of drug-likeness (QED) is 0.196. The van der Waals surface area contributed by atoms with Crippen LogP contribution in [0.3, 0.4) is 0 Å². The van der Waals surface area contributed by atoms with Crippen molar-refractivity contribution in [2.24, 2.45) is 0 Å². The van der Waals surface area contributed by atoms with Gasteiger partial charge in [-0.3, -0.25) is 9.59 Å². The third-order valence-corrected chi connectivity index (χ3v) is 7.21. The highest BCUT2D eigenvalue weighted by molar-refractivity contribution is 14.2. The topological polar surface area (TPSA) is 96.7 Å². The summed E-state index contributed by atoms with van der Waals surface area (Å²) in [7, 11) is 4.44. The molecule has 1 aliphatic heterocycles. The standard InChI is InChI=1S/C21H28INO6S.C2H6/c1-4-29-19(25)12-14(11-17(24)20(23)30-22)16-13-15(5-6-18(16)26-2)21(27-3)7-9-28-10-8-21;1-2/h5-6,13-14,23H,4,7-12H2,1-3H3;1-2H3/p+1. The van der Waals surface area contributed by atoms with Gasteiger partial charge in [-0.2, -0.15) is 0 Å². The SMILES string of the molecule is CC.CCOC(=O)CC(CC(=O)C(=[NH2+])SI)c1cc(C2(OC)CCOCC2)ccc1OC. The first-order valence-corrected chi connectivity index (χ1v) is 14.2. The van der Waals surface area contributed by atoms with E-state index < -0.39 is 11.5 Å². The first kappa shape index (κ1) is 28.9. The lowest BCUT2D eigenvalue weighted by Crippen LogP contribution is -2.42. The molecule has 1 aromatic carbocycles. The number of nitrogens with two attached hydrogens (primary N) is 1. The highest BCUT2D eigenvalue weighted by Crippen LogP contribution is 2.40. The van der Waals surface area contributed by atoms with Gasteiger partial charge in [-0.05, 0) is 30.2 Å². The van der Waals surface area contributed by atoms with Crippen LogP contribution in [0.1, 0.15) is 63.5 Å². The van der Waals surface area contributed by atoms with Crippen LogP contribution >= 0.6 is 30.1 Å². The maximum atomic E-state index is 12.6. The van der Waals surface area contributed by atoms with Gasteiger partial charge in [0.25, 0.3) is 5.04 Å². The number of methoxy groups -OCH3 is 2. The van der Waals surface area contributed by atoms with E-state index in [4.69, 9.17) is 24.4 Å². The van der Waals surface area contributed by atoms with Gasteiger partial charge in [0.2, 0.25) is 5.78 Å². The molecule has 1 aliphatic rings. The second-order valence-corrected chi connectivity index (χ2v) is 8.96. The number of esters is 1. The Morgan fingerprint density at radius 2 is 1.88 bits per heavy atom. The van der Waals surface area contributed by atoms with Crippen molar-refractivity contribution in [1.29, 1.82) is 0 Å². The summed E-state index contributed by atoms with van der Waals surface area (Å²) in [6, 6.07) is 5.82. The van der Waals surface area contributed by atoms with Crippen LogP contribution in [0.15, 0.2) is 18.2 Å². The third-order valence-electron chi connectivity index (χ3n) is 5.39. The minimum absolute atomic E-state index is 0.0572. The van der Waals surface area contributed by atoms with E-state index in [1.54, 1.807) is 21.1 Å². The van der Waals surface area contributed by atoms with Crippen LogP contribution in [0, 0.1) is 0 Å². The van der Waals surface area contributed by atoms with Crippen molar-refractivity contribution in [2.45, 2.75) is 58.0 Å². The average molecular weight is 581 g/mol. The number of carbonyl (C=O) groups excluding carboxylic acids is 2. The smallest absolute Gasteiger partial charge is 0.306 e. The number of benzene rings is 1. The number of ether oxygens (including phenoxy) is 4. The van der Waals surface area contributed by atoms with Crippen molar-refractivity contribution < 1.29 is 33.9 Å². The van der Waals surface area contributed by atoms with E-state index in [1.807, 2.05) is 53.3 Å². The van der Waals surface area contributed by atoms with Crippen molar-refractivity contribution in [1.82, 2.24) is 0 Å². The molecule has 32 heavy (non-hydrogen) atoms. The highest BCUT2D eigenvalue weighted by Gasteiger charge is 2.36. The number of carbonyl (C=O) groups is 2. The summed E-state index contributed by atoms with van der Waals surface area (Å²) in [5, 5.41) is 6.04. The Morgan fingerprint density at radius 3 is 2.41 bits per heavy atom. The van der Waals surface area contributed by atoms with E-state index in [0.717, 1.165) is 24.0 Å². The molecule has 0 radical (unpaired) electrons. The minimum Gasteiger partial charge on any atom is -0.496 e. The van der Waals surface area contributed by atoms with Crippen LogP contribution in [0.2, 0.25) is 0 Å². The molecule has 2 rings (SSSR count). The molecule has 0 saturated carbocycles. The van der Waals surface area contributed by atoms with E-state index in [-0.39, 0.29) is 36.2 Å². The monoisotopic (exact) mass is 580 g/mol. The molecular formula is C23H35INO6S+. The molecule has 0 aliphatic carbocycles. The summed E-state index contributed by atoms with van der Waals surface area (Å²) in [5.41, 5.74) is 1.28. The predicted octanol–water partition coefficient (Wildman–Crippen LogP) is 3.61. The Labute approximate surface area is 207 Å². The number of hydrogen-bond donors (Lipinski definition) is 1. The summed E-state index contributed by atoms with van der Waals surface area (Å²) >= 11 is 1.97. The predicted molar refractivity (Wildman–Crippen MR) is 135 cm³/mol. The van der Waals surface area contributed by atoms with Crippen molar-refractivity contribution in [2.75, 3.05) is 34.0 Å². The first-order valence-electron chi connectivity index (χ1n) is 10.8. The molecule has 1 aromatic rings. The van der Waals surface area contributed by atoms with Crippen LogP contribution in [-0.2, 0) is 29.4 Å². The average Bonchev–Trinajstić information content (AvgIpc) is 2.84. The van der Waals surface area contributed by atoms with Gasteiger partial charge in [-0.1, -0.05) is 19.9 Å². The second kappa shape index (κ2) is 14.9. The summed E-state index contributed by atoms with van der Waals surface area (Å²) in [5.74, 6) is -0.387. The van der Waals surface area contributed by atoms with Crippen LogP contribution in [0.25, 0.3) is 0 Å². The van der Waals surface area contributed by atoms with E-state index in [0.29, 0.717) is 19.0 Å². The molecule has 1 heterocycles. The Bertz CT molecular complexity index is 767. The van der Waals surface area contributed by atoms with Gasteiger partial charge < -0.3 is 18.9 Å². The van der Waals surface area contributed by atoms with Crippen LogP contribution in [0.4, 0.5) is 0 Å². The van der Waals surface area contributed by atoms with Gasteiger partial charge >= 0.3 is 5.97 Å².